The number of benzene rings is 1. The Kier molecular flexibility index (Phi) is 4.28. The van der Waals surface area contributed by atoms with Crippen molar-refractivity contribution in [3.05, 3.63) is 35.9 Å². The van der Waals surface area contributed by atoms with E-state index in [1.165, 1.54) is 5.56 Å². The molecule has 1 aliphatic rings. The molecular formula is C17H25NO. The van der Waals surface area contributed by atoms with Crippen LogP contribution in [0.3, 0.4) is 0 Å². The molecule has 2 nitrogen and oxygen atoms in total. The van der Waals surface area contributed by atoms with Crippen LogP contribution in [0.25, 0.3) is 0 Å². The maximum atomic E-state index is 12.6. The molecule has 0 bridgehead atoms. The van der Waals surface area contributed by atoms with Gasteiger partial charge in [-0.3, -0.25) is 4.79 Å². The Morgan fingerprint density at radius 2 is 1.74 bits per heavy atom. The molecule has 2 rings (SSSR count). The van der Waals surface area contributed by atoms with Gasteiger partial charge < -0.3 is 4.90 Å². The Hall–Kier alpha value is -1.31. The maximum Gasteiger partial charge on any atom is 0.226 e. The third-order valence-electron chi connectivity index (χ3n) is 4.28. The smallest absolute Gasteiger partial charge is 0.226 e. The molecule has 1 aliphatic heterocycles. The van der Waals surface area contributed by atoms with Crippen LogP contribution in [0.1, 0.15) is 33.3 Å². The van der Waals surface area contributed by atoms with Crippen LogP contribution in [0, 0.1) is 23.7 Å². The number of hydrogen-bond acceptors (Lipinski definition) is 1. The summed E-state index contributed by atoms with van der Waals surface area (Å²) in [5, 5.41) is 0. The number of carbonyl (C=O) groups is 1. The van der Waals surface area contributed by atoms with Crippen molar-refractivity contribution in [3.8, 4) is 0 Å². The first-order valence-electron chi connectivity index (χ1n) is 7.33. The van der Waals surface area contributed by atoms with Crippen molar-refractivity contribution in [2.45, 2.75) is 34.2 Å². The zero-order chi connectivity index (χ0) is 14.0. The largest absolute Gasteiger partial charge is 0.338 e. The molecular weight excluding hydrogens is 234 g/mol. The summed E-state index contributed by atoms with van der Waals surface area (Å²) in [5.41, 5.74) is 1.22. The first-order chi connectivity index (χ1) is 9.00. The number of amides is 1. The molecule has 0 spiro atoms. The zero-order valence-electron chi connectivity index (χ0n) is 12.5. The lowest BCUT2D eigenvalue weighted by Gasteiger charge is -2.22. The maximum absolute atomic E-state index is 12.6. The lowest BCUT2D eigenvalue weighted by atomic mass is 9.79. The monoisotopic (exact) mass is 259 g/mol. The first kappa shape index (κ1) is 14.1. The molecule has 0 aromatic heterocycles. The van der Waals surface area contributed by atoms with E-state index in [1.54, 1.807) is 0 Å². The highest BCUT2D eigenvalue weighted by atomic mass is 16.2. The quantitative estimate of drug-likeness (QED) is 0.809. The highest BCUT2D eigenvalue weighted by molar-refractivity contribution is 5.81. The molecule has 104 valence electrons. The molecule has 19 heavy (non-hydrogen) atoms. The van der Waals surface area contributed by atoms with Crippen LogP contribution < -0.4 is 0 Å². The SMILES string of the molecule is CC(C)C1CN(Cc2ccccc2)C(=O)C1C(C)C. The van der Waals surface area contributed by atoms with E-state index in [9.17, 15) is 4.79 Å². The van der Waals surface area contributed by atoms with Gasteiger partial charge in [0.05, 0.1) is 0 Å². The normalized spacial score (nSPS) is 23.7. The third kappa shape index (κ3) is 2.99. The highest BCUT2D eigenvalue weighted by Crippen LogP contribution is 2.36. The molecule has 0 radical (unpaired) electrons. The van der Waals surface area contributed by atoms with Crippen molar-refractivity contribution in [2.24, 2.45) is 23.7 Å². The fourth-order valence-electron chi connectivity index (χ4n) is 3.20. The fourth-order valence-corrected chi connectivity index (χ4v) is 3.20. The second-order valence-corrected chi connectivity index (χ2v) is 6.38. The first-order valence-corrected chi connectivity index (χ1v) is 7.33. The van der Waals surface area contributed by atoms with Crippen LogP contribution in [0.4, 0.5) is 0 Å². The van der Waals surface area contributed by atoms with Crippen molar-refractivity contribution >= 4 is 5.91 Å². The van der Waals surface area contributed by atoms with Gasteiger partial charge in [-0.25, -0.2) is 0 Å². The van der Waals surface area contributed by atoms with Crippen molar-refractivity contribution in [1.29, 1.82) is 0 Å². The van der Waals surface area contributed by atoms with Crippen LogP contribution in [0.5, 0.6) is 0 Å². The van der Waals surface area contributed by atoms with E-state index in [0.717, 1.165) is 13.1 Å². The Morgan fingerprint density at radius 1 is 1.11 bits per heavy atom. The minimum absolute atomic E-state index is 0.198. The molecule has 1 fully saturated rings. The van der Waals surface area contributed by atoms with E-state index in [1.807, 2.05) is 23.1 Å². The average molecular weight is 259 g/mol. The molecule has 0 saturated carbocycles. The van der Waals surface area contributed by atoms with Gasteiger partial charge in [-0.05, 0) is 23.3 Å². The summed E-state index contributed by atoms with van der Waals surface area (Å²) in [6.07, 6.45) is 0. The van der Waals surface area contributed by atoms with Gasteiger partial charge in [-0.2, -0.15) is 0 Å². The summed E-state index contributed by atoms with van der Waals surface area (Å²) < 4.78 is 0. The third-order valence-corrected chi connectivity index (χ3v) is 4.28. The van der Waals surface area contributed by atoms with Crippen molar-refractivity contribution in [3.63, 3.8) is 0 Å². The Morgan fingerprint density at radius 3 is 2.21 bits per heavy atom. The number of likely N-dealkylation sites (tertiary alicyclic amines) is 1. The minimum Gasteiger partial charge on any atom is -0.338 e. The summed E-state index contributed by atoms with van der Waals surface area (Å²) >= 11 is 0. The Bertz CT molecular complexity index is 424. The van der Waals surface area contributed by atoms with Crippen LogP contribution in [0.15, 0.2) is 30.3 Å². The van der Waals surface area contributed by atoms with Gasteiger partial charge >= 0.3 is 0 Å². The van der Waals surface area contributed by atoms with Gasteiger partial charge in [-0.15, -0.1) is 0 Å². The van der Waals surface area contributed by atoms with Crippen LogP contribution in [-0.2, 0) is 11.3 Å². The molecule has 2 unspecified atom stereocenters. The highest BCUT2D eigenvalue weighted by Gasteiger charge is 2.42. The second kappa shape index (κ2) is 5.77. The predicted octanol–water partition coefficient (Wildman–Crippen LogP) is 3.57. The van der Waals surface area contributed by atoms with Crippen LogP contribution in [0.2, 0.25) is 0 Å². The van der Waals surface area contributed by atoms with E-state index in [4.69, 9.17) is 0 Å². The Labute approximate surface area is 116 Å². The predicted molar refractivity (Wildman–Crippen MR) is 78.5 cm³/mol. The summed E-state index contributed by atoms with van der Waals surface area (Å²) in [5.74, 6) is 2.04. The molecule has 2 heteroatoms. The van der Waals surface area contributed by atoms with Crippen LogP contribution in [-0.4, -0.2) is 17.4 Å². The van der Waals surface area contributed by atoms with Crippen LogP contribution >= 0.6 is 0 Å². The van der Waals surface area contributed by atoms with Gasteiger partial charge in [-0.1, -0.05) is 58.0 Å². The number of nitrogens with zero attached hydrogens (tertiary/aromatic N) is 1. The minimum atomic E-state index is 0.198. The fraction of sp³-hybridized carbons (Fsp3) is 0.588. The molecule has 1 aromatic carbocycles. The number of hydrogen-bond donors (Lipinski definition) is 0. The van der Waals surface area contributed by atoms with Gasteiger partial charge in [0.1, 0.15) is 0 Å². The summed E-state index contributed by atoms with van der Waals surface area (Å²) in [7, 11) is 0. The van der Waals surface area contributed by atoms with E-state index < -0.39 is 0 Å². The Balaban J connectivity index is 2.13. The molecule has 1 heterocycles. The molecule has 0 N–H and O–H groups in total. The number of rotatable bonds is 4. The second-order valence-electron chi connectivity index (χ2n) is 6.38. The van der Waals surface area contributed by atoms with E-state index in [-0.39, 0.29) is 5.92 Å². The van der Waals surface area contributed by atoms with Crippen molar-refractivity contribution < 1.29 is 4.79 Å². The van der Waals surface area contributed by atoms with Crippen molar-refractivity contribution in [1.82, 2.24) is 4.90 Å². The molecule has 0 aliphatic carbocycles. The standard InChI is InChI=1S/C17H25NO/c1-12(2)15-11-18(17(19)16(15)13(3)4)10-14-8-6-5-7-9-14/h5-9,12-13,15-16H,10-11H2,1-4H3. The zero-order valence-corrected chi connectivity index (χ0v) is 12.5. The van der Waals surface area contributed by atoms with Gasteiger partial charge in [0.25, 0.3) is 0 Å². The molecule has 1 amide bonds. The van der Waals surface area contributed by atoms with Gasteiger partial charge in [0.2, 0.25) is 5.91 Å². The van der Waals surface area contributed by atoms with Crippen molar-refractivity contribution in [2.75, 3.05) is 6.54 Å². The number of carbonyl (C=O) groups excluding carboxylic acids is 1. The lowest BCUT2D eigenvalue weighted by Crippen LogP contribution is -2.29. The summed E-state index contributed by atoms with van der Waals surface area (Å²) in [6, 6.07) is 10.3. The topological polar surface area (TPSA) is 20.3 Å². The molecule has 1 saturated heterocycles. The van der Waals surface area contributed by atoms with Gasteiger partial charge in [0.15, 0.2) is 0 Å². The van der Waals surface area contributed by atoms with E-state index in [0.29, 0.717) is 23.7 Å². The van der Waals surface area contributed by atoms with E-state index in [2.05, 4.69) is 39.8 Å². The lowest BCUT2D eigenvalue weighted by molar-refractivity contribution is -0.133. The van der Waals surface area contributed by atoms with Gasteiger partial charge in [0, 0.05) is 19.0 Å². The summed E-state index contributed by atoms with van der Waals surface area (Å²) in [4.78, 5) is 14.6. The molecule has 2 atom stereocenters. The summed E-state index contributed by atoms with van der Waals surface area (Å²) in [6.45, 7) is 10.5. The molecule has 1 aromatic rings. The van der Waals surface area contributed by atoms with E-state index >= 15 is 0 Å². The average Bonchev–Trinajstić information content (AvgIpc) is 2.68.